The number of aryl methyl sites for hydroxylation is 1. The zero-order valence-corrected chi connectivity index (χ0v) is 15.6. The number of unbranched alkanes of at least 4 members (excludes halogenated alkanes) is 1. The maximum atomic E-state index is 12.2. The van der Waals surface area contributed by atoms with Crippen LogP contribution in [-0.4, -0.2) is 36.1 Å². The molecule has 0 radical (unpaired) electrons. The van der Waals surface area contributed by atoms with Crippen LogP contribution in [0.4, 0.5) is 5.82 Å². The molecule has 7 heteroatoms. The fourth-order valence-electron chi connectivity index (χ4n) is 2.32. The summed E-state index contributed by atoms with van der Waals surface area (Å²) in [4.78, 5) is 24.3. The number of carbonyl (C=O) groups is 1. The minimum atomic E-state index is -0.300. The van der Waals surface area contributed by atoms with E-state index in [4.69, 9.17) is 16.3 Å². The molecule has 2 heterocycles. The lowest BCUT2D eigenvalue weighted by Crippen LogP contribution is -2.20. The number of aromatic nitrogens is 2. The Balaban J connectivity index is 2.48. The molecule has 0 aliphatic rings. The number of hydrogen-bond acceptors (Lipinski definition) is 6. The van der Waals surface area contributed by atoms with Gasteiger partial charge in [-0.2, -0.15) is 4.98 Å². The van der Waals surface area contributed by atoms with E-state index in [9.17, 15) is 4.79 Å². The van der Waals surface area contributed by atoms with Crippen LogP contribution in [0.5, 0.6) is 0 Å². The second kappa shape index (κ2) is 7.93. The molecule has 0 fully saturated rings. The van der Waals surface area contributed by atoms with E-state index >= 15 is 0 Å². The summed E-state index contributed by atoms with van der Waals surface area (Å²) in [7, 11) is 1.99. The number of halogens is 1. The molecule has 0 spiro atoms. The second-order valence-electron chi connectivity index (χ2n) is 5.46. The lowest BCUT2D eigenvalue weighted by molar-refractivity contribution is 0.0510. The molecular weight excluding hydrogens is 334 g/mol. The molecule has 5 nitrogen and oxygen atoms in total. The summed E-state index contributed by atoms with van der Waals surface area (Å²) in [5, 5.41) is 1.09. The Morgan fingerprint density at radius 2 is 2.04 bits per heavy atom. The van der Waals surface area contributed by atoms with Crippen LogP contribution in [0.3, 0.4) is 0 Å². The van der Waals surface area contributed by atoms with E-state index in [2.05, 4.69) is 21.8 Å². The standard InChI is InChI=1S/C16H22ClN3O2S/c1-5-7-8-20(4)13-11-10(3)12(15(21)22-9-6-2)23-14(11)19-16(17)18-13/h5-9H2,1-4H3. The number of ether oxygens (including phenoxy) is 1. The Hall–Kier alpha value is -1.40. The third-order valence-corrected chi connectivity index (χ3v) is 4.91. The summed E-state index contributed by atoms with van der Waals surface area (Å²) in [6.07, 6.45) is 2.96. The highest BCUT2D eigenvalue weighted by atomic mass is 35.5. The third kappa shape index (κ3) is 3.93. The van der Waals surface area contributed by atoms with Crippen molar-refractivity contribution >= 4 is 44.9 Å². The van der Waals surface area contributed by atoms with Gasteiger partial charge in [-0.1, -0.05) is 20.3 Å². The molecule has 126 valence electrons. The quantitative estimate of drug-likeness (QED) is 0.542. The molecule has 2 aromatic rings. The smallest absolute Gasteiger partial charge is 0.348 e. The van der Waals surface area contributed by atoms with Crippen molar-refractivity contribution in [1.29, 1.82) is 0 Å². The molecule has 2 aromatic heterocycles. The van der Waals surface area contributed by atoms with Crippen molar-refractivity contribution in [2.45, 2.75) is 40.0 Å². The van der Waals surface area contributed by atoms with Gasteiger partial charge in [0.25, 0.3) is 0 Å². The lowest BCUT2D eigenvalue weighted by atomic mass is 10.2. The fourth-order valence-corrected chi connectivity index (χ4v) is 3.61. The van der Waals surface area contributed by atoms with Crippen LogP contribution >= 0.6 is 22.9 Å². The van der Waals surface area contributed by atoms with Gasteiger partial charge in [0, 0.05) is 13.6 Å². The molecule has 0 unspecified atom stereocenters. The topological polar surface area (TPSA) is 55.3 Å². The van der Waals surface area contributed by atoms with Crippen molar-refractivity contribution in [2.24, 2.45) is 0 Å². The van der Waals surface area contributed by atoms with Gasteiger partial charge in [-0.05, 0) is 36.9 Å². The number of fused-ring (bicyclic) bond motifs is 1. The van der Waals surface area contributed by atoms with E-state index < -0.39 is 0 Å². The van der Waals surface area contributed by atoms with Crippen molar-refractivity contribution in [1.82, 2.24) is 9.97 Å². The summed E-state index contributed by atoms with van der Waals surface area (Å²) in [5.74, 6) is 0.474. The van der Waals surface area contributed by atoms with Crippen molar-refractivity contribution in [3.05, 3.63) is 15.7 Å². The largest absolute Gasteiger partial charge is 0.462 e. The van der Waals surface area contributed by atoms with Gasteiger partial charge >= 0.3 is 5.97 Å². The first-order chi connectivity index (χ1) is 11.0. The fraction of sp³-hybridized carbons (Fsp3) is 0.562. The molecule has 0 atom stereocenters. The number of esters is 1. The Kier molecular flexibility index (Phi) is 6.18. The summed E-state index contributed by atoms with van der Waals surface area (Å²) >= 11 is 7.38. The normalized spacial score (nSPS) is 11.0. The monoisotopic (exact) mass is 355 g/mol. The Labute approximate surface area is 145 Å². The van der Waals surface area contributed by atoms with Crippen molar-refractivity contribution in [2.75, 3.05) is 25.1 Å². The maximum absolute atomic E-state index is 12.2. The average Bonchev–Trinajstić information content (AvgIpc) is 2.86. The summed E-state index contributed by atoms with van der Waals surface area (Å²) in [5.41, 5.74) is 0.862. The SMILES string of the molecule is CCCCN(C)c1nc(Cl)nc2sc(C(=O)OCCC)c(C)c12. The van der Waals surface area contributed by atoms with Crippen LogP contribution in [0.15, 0.2) is 0 Å². The van der Waals surface area contributed by atoms with Gasteiger partial charge in [-0.3, -0.25) is 0 Å². The highest BCUT2D eigenvalue weighted by molar-refractivity contribution is 7.20. The third-order valence-electron chi connectivity index (χ3n) is 3.58. The molecule has 0 saturated carbocycles. The first-order valence-electron chi connectivity index (χ1n) is 7.84. The van der Waals surface area contributed by atoms with Crippen molar-refractivity contribution < 1.29 is 9.53 Å². The van der Waals surface area contributed by atoms with E-state index in [0.29, 0.717) is 11.5 Å². The Morgan fingerprint density at radius 3 is 2.70 bits per heavy atom. The van der Waals surface area contributed by atoms with Crippen molar-refractivity contribution in [3.8, 4) is 0 Å². The van der Waals surface area contributed by atoms with Gasteiger partial charge in [-0.25, -0.2) is 9.78 Å². The van der Waals surface area contributed by atoms with E-state index in [1.165, 1.54) is 11.3 Å². The zero-order valence-electron chi connectivity index (χ0n) is 14.0. The van der Waals surface area contributed by atoms with Crippen LogP contribution < -0.4 is 4.90 Å². The molecule has 0 aromatic carbocycles. The Morgan fingerprint density at radius 1 is 1.30 bits per heavy atom. The highest BCUT2D eigenvalue weighted by Crippen LogP contribution is 2.36. The average molecular weight is 356 g/mol. The minimum Gasteiger partial charge on any atom is -0.462 e. The highest BCUT2D eigenvalue weighted by Gasteiger charge is 2.22. The number of anilines is 1. The molecular formula is C16H22ClN3O2S. The Bertz CT molecular complexity index is 702. The van der Waals surface area contributed by atoms with Gasteiger partial charge in [0.05, 0.1) is 12.0 Å². The zero-order chi connectivity index (χ0) is 17.0. The van der Waals surface area contributed by atoms with Crippen LogP contribution in [0.1, 0.15) is 48.3 Å². The number of rotatable bonds is 7. The number of carbonyl (C=O) groups excluding carboxylic acids is 1. The molecule has 2 rings (SSSR count). The summed E-state index contributed by atoms with van der Waals surface area (Å²) < 4.78 is 5.26. The molecule has 0 amide bonds. The maximum Gasteiger partial charge on any atom is 0.348 e. The molecule has 0 aliphatic carbocycles. The van der Waals surface area contributed by atoms with Gasteiger partial charge in [0.15, 0.2) is 0 Å². The molecule has 23 heavy (non-hydrogen) atoms. The van der Waals surface area contributed by atoms with E-state index in [1.807, 2.05) is 20.9 Å². The predicted octanol–water partition coefficient (Wildman–Crippen LogP) is 4.46. The molecule has 0 saturated heterocycles. The van der Waals surface area contributed by atoms with Crippen LogP contribution in [0.2, 0.25) is 5.28 Å². The van der Waals surface area contributed by atoms with Crippen molar-refractivity contribution in [3.63, 3.8) is 0 Å². The molecule has 0 aliphatic heterocycles. The van der Waals surface area contributed by atoms with Gasteiger partial charge in [0.2, 0.25) is 5.28 Å². The van der Waals surface area contributed by atoms with E-state index in [0.717, 1.165) is 47.4 Å². The van der Waals surface area contributed by atoms with Gasteiger partial charge in [-0.15, -0.1) is 11.3 Å². The number of nitrogens with zero attached hydrogens (tertiary/aromatic N) is 3. The minimum absolute atomic E-state index is 0.200. The van der Waals surface area contributed by atoms with Crippen LogP contribution in [0.25, 0.3) is 10.2 Å². The second-order valence-corrected chi connectivity index (χ2v) is 6.80. The first-order valence-corrected chi connectivity index (χ1v) is 9.03. The number of hydrogen-bond donors (Lipinski definition) is 0. The van der Waals surface area contributed by atoms with E-state index in [-0.39, 0.29) is 11.3 Å². The van der Waals surface area contributed by atoms with Gasteiger partial charge < -0.3 is 9.64 Å². The predicted molar refractivity (Wildman–Crippen MR) is 95.9 cm³/mol. The summed E-state index contributed by atoms with van der Waals surface area (Å²) in [6.45, 7) is 7.33. The van der Waals surface area contributed by atoms with Crippen LogP contribution in [0, 0.1) is 6.92 Å². The van der Waals surface area contributed by atoms with Crippen LogP contribution in [-0.2, 0) is 4.74 Å². The molecule has 0 N–H and O–H groups in total. The van der Waals surface area contributed by atoms with Gasteiger partial charge in [0.1, 0.15) is 15.5 Å². The molecule has 0 bridgehead atoms. The first kappa shape index (κ1) is 17.9. The van der Waals surface area contributed by atoms with E-state index in [1.54, 1.807) is 0 Å². The summed E-state index contributed by atoms with van der Waals surface area (Å²) in [6, 6.07) is 0. The lowest BCUT2D eigenvalue weighted by Gasteiger charge is -2.19. The number of thiophene rings is 1.